The predicted molar refractivity (Wildman–Crippen MR) is 77.8 cm³/mol. The molecule has 0 saturated carbocycles. The Bertz CT molecular complexity index is 470. The summed E-state index contributed by atoms with van der Waals surface area (Å²) in [5.41, 5.74) is 1.03. The molecule has 0 spiro atoms. The van der Waals surface area contributed by atoms with Crippen molar-refractivity contribution in [2.24, 2.45) is 0 Å². The molecule has 1 aromatic carbocycles. The number of halogens is 1. The molecule has 1 aromatic heterocycles. The fraction of sp³-hybridized carbons (Fsp3) is 0.273. The van der Waals surface area contributed by atoms with Gasteiger partial charge in [-0.05, 0) is 31.2 Å². The molecule has 17 heavy (non-hydrogen) atoms. The lowest BCUT2D eigenvalue weighted by atomic mass is 10.4. The van der Waals surface area contributed by atoms with Gasteiger partial charge in [-0.1, -0.05) is 20.4 Å². The number of anilines is 1. The molecule has 0 atom stereocenters. The summed E-state index contributed by atoms with van der Waals surface area (Å²) >= 11 is 6.62. The van der Waals surface area contributed by atoms with Gasteiger partial charge in [0.05, 0.1) is 0 Å². The van der Waals surface area contributed by atoms with E-state index in [2.05, 4.69) is 49.9 Å². The molecule has 0 aliphatic heterocycles. The van der Waals surface area contributed by atoms with E-state index >= 15 is 0 Å². The molecular formula is C11H12BrN3S2. The van der Waals surface area contributed by atoms with Crippen LogP contribution in [0.5, 0.6) is 0 Å². The zero-order valence-corrected chi connectivity index (χ0v) is 12.5. The van der Waals surface area contributed by atoms with Crippen LogP contribution in [0.2, 0.25) is 0 Å². The lowest BCUT2D eigenvalue weighted by Crippen LogP contribution is -1.97. The molecule has 1 N–H and O–H groups in total. The highest BCUT2D eigenvalue weighted by Crippen LogP contribution is 2.27. The molecule has 0 unspecified atom stereocenters. The Morgan fingerprint density at radius 2 is 2.12 bits per heavy atom. The summed E-state index contributed by atoms with van der Waals surface area (Å²) in [6.07, 6.45) is 0. The average molecular weight is 330 g/mol. The topological polar surface area (TPSA) is 37.8 Å². The first-order valence-corrected chi connectivity index (χ1v) is 7.78. The Hall–Kier alpha value is -0.590. The van der Waals surface area contributed by atoms with Gasteiger partial charge >= 0.3 is 0 Å². The summed E-state index contributed by atoms with van der Waals surface area (Å²) in [5, 5.41) is 8.50. The molecule has 0 amide bonds. The molecule has 0 aliphatic carbocycles. The molecule has 3 nitrogen and oxygen atoms in total. The summed E-state index contributed by atoms with van der Waals surface area (Å²) in [4.78, 5) is 1.24. The van der Waals surface area contributed by atoms with Crippen molar-refractivity contribution in [1.29, 1.82) is 0 Å². The number of benzene rings is 1. The minimum Gasteiger partial charge on any atom is -0.374 e. The number of nitrogens with zero attached hydrogens (tertiary/aromatic N) is 2. The van der Waals surface area contributed by atoms with Crippen LogP contribution in [-0.2, 0) is 5.75 Å². The first-order chi connectivity index (χ1) is 8.29. The van der Waals surface area contributed by atoms with Crippen LogP contribution >= 0.6 is 39.2 Å². The van der Waals surface area contributed by atoms with E-state index in [1.54, 1.807) is 11.8 Å². The van der Waals surface area contributed by atoms with Crippen LogP contribution in [0.4, 0.5) is 5.00 Å². The smallest absolute Gasteiger partial charge is 0.134 e. The molecule has 2 rings (SSSR count). The van der Waals surface area contributed by atoms with E-state index in [0.717, 1.165) is 27.5 Å². The van der Waals surface area contributed by atoms with Crippen LogP contribution in [0, 0.1) is 0 Å². The van der Waals surface area contributed by atoms with Crippen LogP contribution in [-0.4, -0.2) is 16.1 Å². The van der Waals surface area contributed by atoms with Crippen molar-refractivity contribution in [2.75, 3.05) is 11.9 Å². The molecular weight excluding hydrogens is 318 g/mol. The zero-order valence-electron chi connectivity index (χ0n) is 9.31. The van der Waals surface area contributed by atoms with Gasteiger partial charge in [0.2, 0.25) is 0 Å². The normalized spacial score (nSPS) is 10.5. The molecule has 90 valence electrons. The van der Waals surface area contributed by atoms with Crippen molar-refractivity contribution in [2.45, 2.75) is 17.6 Å². The fourth-order valence-electron chi connectivity index (χ4n) is 1.28. The van der Waals surface area contributed by atoms with Crippen LogP contribution in [0.1, 0.15) is 12.6 Å². The number of aromatic nitrogens is 2. The van der Waals surface area contributed by atoms with Gasteiger partial charge in [-0.15, -0.1) is 16.9 Å². The second-order valence-electron chi connectivity index (χ2n) is 3.32. The first kappa shape index (κ1) is 12.9. The number of hydrogen-bond acceptors (Lipinski definition) is 5. The van der Waals surface area contributed by atoms with Crippen molar-refractivity contribution in [3.63, 3.8) is 0 Å². The maximum absolute atomic E-state index is 4.14. The number of rotatable bonds is 5. The van der Waals surface area contributed by atoms with Crippen molar-refractivity contribution < 1.29 is 0 Å². The van der Waals surface area contributed by atoms with Gasteiger partial charge in [0.25, 0.3) is 0 Å². The number of thioether (sulfide) groups is 1. The lowest BCUT2D eigenvalue weighted by Gasteiger charge is -2.02. The van der Waals surface area contributed by atoms with E-state index in [0.29, 0.717) is 0 Å². The van der Waals surface area contributed by atoms with Gasteiger partial charge in [0, 0.05) is 33.2 Å². The molecule has 2 aromatic rings. The molecule has 0 saturated heterocycles. The van der Waals surface area contributed by atoms with E-state index in [-0.39, 0.29) is 0 Å². The maximum atomic E-state index is 4.14. The minimum absolute atomic E-state index is 0.848. The third kappa shape index (κ3) is 3.69. The van der Waals surface area contributed by atoms with E-state index in [4.69, 9.17) is 0 Å². The van der Waals surface area contributed by atoms with E-state index in [9.17, 15) is 0 Å². The third-order valence-electron chi connectivity index (χ3n) is 2.08. The third-order valence-corrected chi connectivity index (χ3v) is 4.36. The van der Waals surface area contributed by atoms with Crippen molar-refractivity contribution in [3.8, 4) is 0 Å². The van der Waals surface area contributed by atoms with Gasteiger partial charge in [-0.3, -0.25) is 0 Å². The van der Waals surface area contributed by atoms with Gasteiger partial charge in [-0.2, -0.15) is 0 Å². The maximum Gasteiger partial charge on any atom is 0.134 e. The first-order valence-electron chi connectivity index (χ1n) is 5.23. The second kappa shape index (κ2) is 6.37. The predicted octanol–water partition coefficient (Wildman–Crippen LogP) is 4.02. The van der Waals surface area contributed by atoms with E-state index in [1.807, 2.05) is 12.1 Å². The summed E-state index contributed by atoms with van der Waals surface area (Å²) in [6.45, 7) is 2.98. The van der Waals surface area contributed by atoms with Crippen LogP contribution < -0.4 is 5.32 Å². The lowest BCUT2D eigenvalue weighted by molar-refractivity contribution is 1.07. The standard InChI is InChI=1S/C11H12BrN3S2/c1-2-13-11-10(14-15-17-11)7-16-9-5-3-8(12)4-6-9/h3-6,13H,2,7H2,1H3. The summed E-state index contributed by atoms with van der Waals surface area (Å²) in [5.74, 6) is 0.848. The Balaban J connectivity index is 1.97. The van der Waals surface area contributed by atoms with Gasteiger partial charge in [-0.25, -0.2) is 0 Å². The Kier molecular flexibility index (Phi) is 4.82. The Morgan fingerprint density at radius 3 is 2.82 bits per heavy atom. The monoisotopic (exact) mass is 329 g/mol. The second-order valence-corrected chi connectivity index (χ2v) is 6.04. The zero-order chi connectivity index (χ0) is 12.1. The van der Waals surface area contributed by atoms with Crippen molar-refractivity contribution >= 4 is 44.2 Å². The summed E-state index contributed by atoms with van der Waals surface area (Å²) in [7, 11) is 0. The fourth-order valence-corrected chi connectivity index (χ4v) is 3.12. The molecule has 0 bridgehead atoms. The van der Waals surface area contributed by atoms with Crippen LogP contribution in [0.25, 0.3) is 0 Å². The Labute approximate surface area is 117 Å². The minimum atomic E-state index is 0.848. The largest absolute Gasteiger partial charge is 0.374 e. The van der Waals surface area contributed by atoms with E-state index < -0.39 is 0 Å². The number of nitrogens with one attached hydrogen (secondary N) is 1. The highest BCUT2D eigenvalue weighted by molar-refractivity contribution is 9.10. The van der Waals surface area contributed by atoms with Crippen LogP contribution in [0.3, 0.4) is 0 Å². The summed E-state index contributed by atoms with van der Waals surface area (Å²) < 4.78 is 5.08. The molecule has 6 heteroatoms. The highest BCUT2D eigenvalue weighted by Gasteiger charge is 2.07. The molecule has 1 heterocycles. The number of hydrogen-bond donors (Lipinski definition) is 1. The van der Waals surface area contributed by atoms with Gasteiger partial charge in [0.15, 0.2) is 0 Å². The molecule has 0 aliphatic rings. The van der Waals surface area contributed by atoms with Gasteiger partial charge < -0.3 is 5.32 Å². The SMILES string of the molecule is CCNc1snnc1CSc1ccc(Br)cc1. The Morgan fingerprint density at radius 1 is 1.35 bits per heavy atom. The van der Waals surface area contributed by atoms with Crippen molar-refractivity contribution in [3.05, 3.63) is 34.4 Å². The van der Waals surface area contributed by atoms with Crippen LogP contribution in [0.15, 0.2) is 33.6 Å². The van der Waals surface area contributed by atoms with Crippen molar-refractivity contribution in [1.82, 2.24) is 9.59 Å². The summed E-state index contributed by atoms with van der Waals surface area (Å²) in [6, 6.07) is 8.29. The quantitative estimate of drug-likeness (QED) is 0.840. The van der Waals surface area contributed by atoms with E-state index in [1.165, 1.54) is 16.4 Å². The molecule has 0 radical (unpaired) electrons. The highest BCUT2D eigenvalue weighted by atomic mass is 79.9. The van der Waals surface area contributed by atoms with Gasteiger partial charge in [0.1, 0.15) is 10.7 Å². The average Bonchev–Trinajstić information content (AvgIpc) is 2.77. The molecule has 0 fully saturated rings.